The summed E-state index contributed by atoms with van der Waals surface area (Å²) in [6.45, 7) is -0.667. The van der Waals surface area contributed by atoms with Crippen molar-refractivity contribution in [1.29, 1.82) is 0 Å². The summed E-state index contributed by atoms with van der Waals surface area (Å²) in [4.78, 5) is 8.88. The summed E-state index contributed by atoms with van der Waals surface area (Å²) in [5.41, 5.74) is 0. The van der Waals surface area contributed by atoms with Crippen molar-refractivity contribution in [2.24, 2.45) is 0 Å². The molecule has 0 spiro atoms. The molecule has 0 N–H and O–H groups in total. The summed E-state index contributed by atoms with van der Waals surface area (Å²) < 4.78 is 34.4. The number of halogens is 3. The Hall–Kier alpha value is 0.260. The normalized spacial score (nSPS) is 9.38. The number of carbonyl (C=O) groups is 1. The summed E-state index contributed by atoms with van der Waals surface area (Å²) in [6.07, 6.45) is -4.82. The number of hydrogen-bond acceptors (Lipinski definition) is 2. The first kappa shape index (κ1) is 11.1. The van der Waals surface area contributed by atoms with Gasteiger partial charge in [0.25, 0.3) is 6.47 Å². The fraction of sp³-hybridized carbons (Fsp3) is 0.500. The molecule has 8 heavy (non-hydrogen) atoms. The van der Waals surface area contributed by atoms with Crippen LogP contribution in [-0.2, 0) is 9.53 Å². The molecule has 0 saturated carbocycles. The molecule has 0 radical (unpaired) electrons. The number of carbonyl (C=O) groups excluding carboxylic acids is 1. The van der Waals surface area contributed by atoms with E-state index < -0.39 is 12.8 Å². The fourth-order valence-corrected chi connectivity index (χ4v) is 0.0546. The van der Waals surface area contributed by atoms with Gasteiger partial charge >= 0.3 is 35.9 Å². The third kappa shape index (κ3) is 9.54. The van der Waals surface area contributed by atoms with Gasteiger partial charge in [0.1, 0.15) is 0 Å². The molecule has 44 valence electrons. The SMILES string of the molecule is O=COC(F)(F)F.[H-].[Na+]. The summed E-state index contributed by atoms with van der Waals surface area (Å²) in [5, 5.41) is 0. The van der Waals surface area contributed by atoms with Crippen LogP contribution >= 0.6 is 0 Å². The van der Waals surface area contributed by atoms with Crippen LogP contribution in [0.2, 0.25) is 0 Å². The number of hydrogen-bond donors (Lipinski definition) is 0. The number of ether oxygens (including phenoxy) is 1. The van der Waals surface area contributed by atoms with Gasteiger partial charge in [0.05, 0.1) is 0 Å². The molecule has 0 heterocycles. The molecule has 2 nitrogen and oxygen atoms in total. The minimum atomic E-state index is -4.82. The van der Waals surface area contributed by atoms with Crippen LogP contribution in [0.15, 0.2) is 0 Å². The maximum atomic E-state index is 10.6. The van der Waals surface area contributed by atoms with Crippen molar-refractivity contribution < 1.29 is 53.7 Å². The monoisotopic (exact) mass is 138 g/mol. The third-order valence-corrected chi connectivity index (χ3v) is 0.182. The van der Waals surface area contributed by atoms with Crippen molar-refractivity contribution in [3.8, 4) is 0 Å². The maximum absolute atomic E-state index is 10.6. The van der Waals surface area contributed by atoms with Gasteiger partial charge in [0, 0.05) is 0 Å². The minimum Gasteiger partial charge on any atom is -1.00 e. The predicted molar refractivity (Wildman–Crippen MR) is 14.3 cm³/mol. The van der Waals surface area contributed by atoms with E-state index in [0.29, 0.717) is 0 Å². The Bertz CT molecular complexity index is 74.7. The quantitative estimate of drug-likeness (QED) is 0.303. The van der Waals surface area contributed by atoms with Crippen LogP contribution in [0.5, 0.6) is 0 Å². The van der Waals surface area contributed by atoms with Crippen LogP contribution in [0.4, 0.5) is 13.2 Å². The van der Waals surface area contributed by atoms with Gasteiger partial charge in [-0.3, -0.25) is 4.79 Å². The van der Waals surface area contributed by atoms with E-state index in [0.717, 1.165) is 0 Å². The van der Waals surface area contributed by atoms with Crippen LogP contribution in [0, 0.1) is 0 Å². The van der Waals surface area contributed by atoms with E-state index in [4.69, 9.17) is 4.79 Å². The molecule has 0 saturated heterocycles. The van der Waals surface area contributed by atoms with E-state index in [1.807, 2.05) is 0 Å². The van der Waals surface area contributed by atoms with Gasteiger partial charge in [0.15, 0.2) is 0 Å². The molecule has 0 aliphatic carbocycles. The molecule has 0 atom stereocenters. The number of rotatable bonds is 1. The van der Waals surface area contributed by atoms with Gasteiger partial charge in [-0.1, -0.05) is 0 Å². The van der Waals surface area contributed by atoms with E-state index in [-0.39, 0.29) is 31.0 Å². The summed E-state index contributed by atoms with van der Waals surface area (Å²) in [6, 6.07) is 0. The van der Waals surface area contributed by atoms with Crippen molar-refractivity contribution in [3.63, 3.8) is 0 Å². The van der Waals surface area contributed by atoms with Crippen LogP contribution in [-0.4, -0.2) is 12.8 Å². The minimum absolute atomic E-state index is 0. The van der Waals surface area contributed by atoms with E-state index in [2.05, 4.69) is 4.74 Å². The molecule has 0 aliphatic heterocycles. The van der Waals surface area contributed by atoms with Gasteiger partial charge in [-0.2, -0.15) is 0 Å². The zero-order valence-corrected chi connectivity index (χ0v) is 6.03. The molecule has 0 aromatic rings. The van der Waals surface area contributed by atoms with Crippen LogP contribution in [0.3, 0.4) is 0 Å². The zero-order valence-electron chi connectivity index (χ0n) is 5.03. The Morgan fingerprint density at radius 1 is 1.50 bits per heavy atom. The van der Waals surface area contributed by atoms with Crippen molar-refractivity contribution in [2.75, 3.05) is 0 Å². The molecule has 0 aromatic carbocycles. The summed E-state index contributed by atoms with van der Waals surface area (Å²) in [5.74, 6) is 0. The van der Waals surface area contributed by atoms with E-state index in [9.17, 15) is 13.2 Å². The molecule has 0 aromatic heterocycles. The summed E-state index contributed by atoms with van der Waals surface area (Å²) in [7, 11) is 0. The average Bonchev–Trinajstić information content (AvgIpc) is 1.30. The van der Waals surface area contributed by atoms with Crippen LogP contribution in [0.1, 0.15) is 1.43 Å². The van der Waals surface area contributed by atoms with Gasteiger partial charge in [0.2, 0.25) is 0 Å². The van der Waals surface area contributed by atoms with E-state index in [1.54, 1.807) is 0 Å². The molecule has 6 heteroatoms. The van der Waals surface area contributed by atoms with Crippen molar-refractivity contribution in [3.05, 3.63) is 0 Å². The first-order valence-corrected chi connectivity index (χ1v) is 1.24. The van der Waals surface area contributed by atoms with Gasteiger partial charge in [-0.05, 0) is 0 Å². The van der Waals surface area contributed by atoms with Crippen LogP contribution < -0.4 is 29.6 Å². The number of alkyl halides is 3. The molecule has 0 unspecified atom stereocenters. The average molecular weight is 138 g/mol. The van der Waals surface area contributed by atoms with Crippen molar-refractivity contribution >= 4 is 6.47 Å². The largest absolute Gasteiger partial charge is 1.00 e. The smallest absolute Gasteiger partial charge is 1.00 e. The van der Waals surface area contributed by atoms with Gasteiger partial charge in [-0.15, -0.1) is 13.2 Å². The van der Waals surface area contributed by atoms with Crippen LogP contribution in [0.25, 0.3) is 0 Å². The first-order chi connectivity index (χ1) is 3.06. The molecular formula is C2H2F3NaO2. The Labute approximate surface area is 66.8 Å². The summed E-state index contributed by atoms with van der Waals surface area (Å²) >= 11 is 0. The molecule has 0 bridgehead atoms. The second-order valence-corrected chi connectivity index (χ2v) is 0.660. The Morgan fingerprint density at radius 2 is 1.88 bits per heavy atom. The fourth-order valence-electron chi connectivity index (χ4n) is 0.0546. The predicted octanol–water partition coefficient (Wildman–Crippen LogP) is -2.20. The van der Waals surface area contributed by atoms with Crippen molar-refractivity contribution in [2.45, 2.75) is 6.36 Å². The standard InChI is InChI=1S/C2HF3O2.Na.H/c3-2(4,5)7-1-6;;/h1H;;/q;+1;-1. The Balaban J connectivity index is -0.000000180. The van der Waals surface area contributed by atoms with Gasteiger partial charge in [-0.25, -0.2) is 0 Å². The second-order valence-electron chi connectivity index (χ2n) is 0.660. The Kier molecular flexibility index (Phi) is 5.79. The van der Waals surface area contributed by atoms with E-state index >= 15 is 0 Å². The molecule has 0 rings (SSSR count). The Morgan fingerprint density at radius 3 is 1.88 bits per heavy atom. The van der Waals surface area contributed by atoms with Gasteiger partial charge < -0.3 is 6.16 Å². The zero-order chi connectivity index (χ0) is 5.91. The maximum Gasteiger partial charge on any atom is 1.00 e. The van der Waals surface area contributed by atoms with E-state index in [1.165, 1.54) is 0 Å². The first-order valence-electron chi connectivity index (χ1n) is 1.24. The molecule has 0 amide bonds. The van der Waals surface area contributed by atoms with Crippen molar-refractivity contribution in [1.82, 2.24) is 0 Å². The molecule has 0 fully saturated rings. The molecular weight excluding hydrogens is 136 g/mol. The topological polar surface area (TPSA) is 26.3 Å². The molecule has 0 aliphatic rings. The third-order valence-electron chi connectivity index (χ3n) is 0.182. The second kappa shape index (κ2) is 4.17.